The van der Waals surface area contributed by atoms with Gasteiger partial charge in [-0.15, -0.1) is 0 Å². The fraction of sp³-hybridized carbons (Fsp3) is 0.500. The first-order valence-corrected chi connectivity index (χ1v) is 6.17. The van der Waals surface area contributed by atoms with E-state index in [9.17, 15) is 4.79 Å². The molecule has 0 fully saturated rings. The molecule has 0 aromatic heterocycles. The molecule has 1 atom stereocenters. The van der Waals surface area contributed by atoms with Crippen LogP contribution in [-0.2, 0) is 4.79 Å². The van der Waals surface area contributed by atoms with Crippen LogP contribution in [-0.4, -0.2) is 32.1 Å². The predicted octanol–water partition coefficient (Wildman–Crippen LogP) is 1.41. The topological polar surface area (TPSA) is 50.4 Å². The quantitative estimate of drug-likeness (QED) is 0.802. The van der Waals surface area contributed by atoms with Gasteiger partial charge in [-0.25, -0.2) is 0 Å². The minimum atomic E-state index is -0.0999. The highest BCUT2D eigenvalue weighted by molar-refractivity contribution is 5.77. The number of benzene rings is 1. The molecule has 18 heavy (non-hydrogen) atoms. The summed E-state index contributed by atoms with van der Waals surface area (Å²) in [4.78, 5) is 11.6. The number of likely N-dealkylation sites (N-methyl/N-ethyl adjacent to an activating group) is 1. The average Bonchev–Trinajstić information content (AvgIpc) is 2.34. The summed E-state index contributed by atoms with van der Waals surface area (Å²) in [6.45, 7) is 6.67. The van der Waals surface area contributed by atoms with E-state index in [-0.39, 0.29) is 18.6 Å². The molecule has 4 nitrogen and oxygen atoms in total. The highest BCUT2D eigenvalue weighted by Crippen LogP contribution is 2.18. The lowest BCUT2D eigenvalue weighted by atomic mass is 10.1. The summed E-state index contributed by atoms with van der Waals surface area (Å²) in [6.07, 6.45) is 0. The minimum Gasteiger partial charge on any atom is -0.484 e. The van der Waals surface area contributed by atoms with E-state index in [0.717, 1.165) is 11.3 Å². The molecule has 0 spiro atoms. The van der Waals surface area contributed by atoms with Gasteiger partial charge in [0.1, 0.15) is 5.75 Å². The zero-order chi connectivity index (χ0) is 13.5. The molecule has 1 aromatic carbocycles. The Kier molecular flexibility index (Phi) is 5.65. The summed E-state index contributed by atoms with van der Waals surface area (Å²) in [5.74, 6) is 0.662. The fourth-order valence-electron chi connectivity index (χ4n) is 1.52. The minimum absolute atomic E-state index is 0.0559. The standard InChI is InChI=1S/C14H22N2O2/c1-10-5-6-13(11(2)7-10)18-9-14(17)16-8-12(3)15-4/h5-7,12,15H,8-9H2,1-4H3,(H,16,17). The summed E-state index contributed by atoms with van der Waals surface area (Å²) in [5, 5.41) is 5.86. The van der Waals surface area contributed by atoms with Crippen molar-refractivity contribution in [2.75, 3.05) is 20.2 Å². The molecule has 0 aliphatic rings. The molecule has 0 bridgehead atoms. The van der Waals surface area contributed by atoms with Crippen molar-refractivity contribution >= 4 is 5.91 Å². The predicted molar refractivity (Wildman–Crippen MR) is 72.9 cm³/mol. The maximum absolute atomic E-state index is 11.6. The number of carbonyl (C=O) groups excluding carboxylic acids is 1. The van der Waals surface area contributed by atoms with Gasteiger partial charge in [-0.3, -0.25) is 4.79 Å². The molecule has 0 aliphatic heterocycles. The number of carbonyl (C=O) groups is 1. The van der Waals surface area contributed by atoms with Crippen LogP contribution in [0.15, 0.2) is 18.2 Å². The van der Waals surface area contributed by atoms with E-state index < -0.39 is 0 Å². The molecule has 0 saturated carbocycles. The number of ether oxygens (including phenoxy) is 1. The Labute approximate surface area is 109 Å². The number of amides is 1. The van der Waals surface area contributed by atoms with Crippen molar-refractivity contribution < 1.29 is 9.53 Å². The van der Waals surface area contributed by atoms with Gasteiger partial charge in [0.15, 0.2) is 6.61 Å². The van der Waals surface area contributed by atoms with Crippen LogP contribution in [0.5, 0.6) is 5.75 Å². The van der Waals surface area contributed by atoms with E-state index in [1.54, 1.807) is 0 Å². The molecule has 100 valence electrons. The Hall–Kier alpha value is -1.55. The Morgan fingerprint density at radius 2 is 2.11 bits per heavy atom. The van der Waals surface area contributed by atoms with E-state index in [4.69, 9.17) is 4.74 Å². The van der Waals surface area contributed by atoms with Gasteiger partial charge in [-0.05, 0) is 39.4 Å². The Morgan fingerprint density at radius 3 is 2.72 bits per heavy atom. The first-order valence-electron chi connectivity index (χ1n) is 6.17. The smallest absolute Gasteiger partial charge is 0.257 e. The molecule has 0 radical (unpaired) electrons. The molecule has 1 amide bonds. The molecule has 1 aromatic rings. The third-order valence-corrected chi connectivity index (χ3v) is 2.79. The first kappa shape index (κ1) is 14.5. The van der Waals surface area contributed by atoms with Crippen molar-refractivity contribution in [3.63, 3.8) is 0 Å². The van der Waals surface area contributed by atoms with Crippen molar-refractivity contribution in [2.45, 2.75) is 26.8 Å². The Bertz CT molecular complexity index is 405. The van der Waals surface area contributed by atoms with Gasteiger partial charge in [-0.2, -0.15) is 0 Å². The molecule has 0 heterocycles. The van der Waals surface area contributed by atoms with Crippen molar-refractivity contribution in [2.24, 2.45) is 0 Å². The Balaban J connectivity index is 2.38. The molecule has 2 N–H and O–H groups in total. The van der Waals surface area contributed by atoms with E-state index in [1.807, 2.05) is 46.0 Å². The highest BCUT2D eigenvalue weighted by Gasteiger charge is 2.06. The summed E-state index contributed by atoms with van der Waals surface area (Å²) in [6, 6.07) is 6.17. The van der Waals surface area contributed by atoms with Gasteiger partial charge in [-0.1, -0.05) is 17.7 Å². The van der Waals surface area contributed by atoms with E-state index >= 15 is 0 Å². The number of rotatable bonds is 6. The van der Waals surface area contributed by atoms with Gasteiger partial charge in [0, 0.05) is 12.6 Å². The maximum Gasteiger partial charge on any atom is 0.257 e. The number of nitrogens with one attached hydrogen (secondary N) is 2. The normalized spacial score (nSPS) is 12.0. The number of aryl methyl sites for hydroxylation is 2. The molecule has 1 unspecified atom stereocenters. The van der Waals surface area contributed by atoms with Crippen LogP contribution < -0.4 is 15.4 Å². The van der Waals surface area contributed by atoms with Crippen molar-refractivity contribution in [1.82, 2.24) is 10.6 Å². The van der Waals surface area contributed by atoms with Crippen LogP contribution >= 0.6 is 0 Å². The molecule has 1 rings (SSSR count). The zero-order valence-corrected chi connectivity index (χ0v) is 11.5. The molecular formula is C14H22N2O2. The summed E-state index contributed by atoms with van der Waals surface area (Å²) in [7, 11) is 1.86. The van der Waals surface area contributed by atoms with Crippen molar-refractivity contribution in [3.8, 4) is 5.75 Å². The van der Waals surface area contributed by atoms with E-state index in [1.165, 1.54) is 5.56 Å². The lowest BCUT2D eigenvalue weighted by Gasteiger charge is -2.13. The second-order valence-electron chi connectivity index (χ2n) is 4.55. The SMILES string of the molecule is CNC(C)CNC(=O)COc1ccc(C)cc1C. The van der Waals surface area contributed by atoms with E-state index in [2.05, 4.69) is 10.6 Å². The van der Waals surface area contributed by atoms with Gasteiger partial charge >= 0.3 is 0 Å². The van der Waals surface area contributed by atoms with Crippen LogP contribution in [0.25, 0.3) is 0 Å². The highest BCUT2D eigenvalue weighted by atomic mass is 16.5. The van der Waals surface area contributed by atoms with Crippen LogP contribution in [0.2, 0.25) is 0 Å². The van der Waals surface area contributed by atoms with Gasteiger partial charge in [0.2, 0.25) is 0 Å². The molecule has 0 saturated heterocycles. The van der Waals surface area contributed by atoms with Crippen molar-refractivity contribution in [1.29, 1.82) is 0 Å². The second kappa shape index (κ2) is 7.01. The lowest BCUT2D eigenvalue weighted by molar-refractivity contribution is -0.123. The molecule has 4 heteroatoms. The molecule has 0 aliphatic carbocycles. The van der Waals surface area contributed by atoms with Crippen LogP contribution in [0, 0.1) is 13.8 Å². The first-order chi connectivity index (χ1) is 8.52. The van der Waals surface area contributed by atoms with Gasteiger partial charge in [0.05, 0.1) is 0 Å². The zero-order valence-electron chi connectivity index (χ0n) is 11.5. The second-order valence-corrected chi connectivity index (χ2v) is 4.55. The lowest BCUT2D eigenvalue weighted by Crippen LogP contribution is -2.39. The van der Waals surface area contributed by atoms with Gasteiger partial charge in [0.25, 0.3) is 5.91 Å². The van der Waals surface area contributed by atoms with Gasteiger partial charge < -0.3 is 15.4 Å². The summed E-state index contributed by atoms with van der Waals surface area (Å²) >= 11 is 0. The summed E-state index contributed by atoms with van der Waals surface area (Å²) < 4.78 is 5.49. The van der Waals surface area contributed by atoms with Crippen LogP contribution in [0.4, 0.5) is 0 Å². The largest absolute Gasteiger partial charge is 0.484 e. The third-order valence-electron chi connectivity index (χ3n) is 2.79. The fourth-order valence-corrected chi connectivity index (χ4v) is 1.52. The van der Waals surface area contributed by atoms with Crippen molar-refractivity contribution in [3.05, 3.63) is 29.3 Å². The van der Waals surface area contributed by atoms with Crippen LogP contribution in [0.3, 0.4) is 0 Å². The monoisotopic (exact) mass is 250 g/mol. The molecular weight excluding hydrogens is 228 g/mol. The Morgan fingerprint density at radius 1 is 1.39 bits per heavy atom. The number of hydrogen-bond donors (Lipinski definition) is 2. The van der Waals surface area contributed by atoms with E-state index in [0.29, 0.717) is 6.54 Å². The maximum atomic E-state index is 11.6. The average molecular weight is 250 g/mol. The van der Waals surface area contributed by atoms with Crippen LogP contribution in [0.1, 0.15) is 18.1 Å². The third kappa shape index (κ3) is 4.75. The number of hydrogen-bond acceptors (Lipinski definition) is 3. The summed E-state index contributed by atoms with van der Waals surface area (Å²) in [5.41, 5.74) is 2.23.